The first-order valence-electron chi connectivity index (χ1n) is 12.1. The predicted molar refractivity (Wildman–Crippen MR) is 141 cm³/mol. The minimum atomic E-state index is -1.00. The van der Waals surface area contributed by atoms with E-state index in [1.165, 1.54) is 12.0 Å². The first-order chi connectivity index (χ1) is 18.2. The summed E-state index contributed by atoms with van der Waals surface area (Å²) >= 11 is 0.949. The Morgan fingerprint density at radius 3 is 2.76 bits per heavy atom. The molecule has 1 fully saturated rings. The van der Waals surface area contributed by atoms with Crippen molar-refractivity contribution in [3.8, 4) is 11.5 Å². The van der Waals surface area contributed by atoms with Crippen molar-refractivity contribution in [1.29, 1.82) is 0 Å². The molecular formula is C28H26N2O7S. The maximum atomic E-state index is 13.5. The minimum Gasteiger partial charge on any atom is -0.507 e. The highest BCUT2D eigenvalue weighted by Gasteiger charge is 2.48. The molecule has 5 rings (SSSR count). The summed E-state index contributed by atoms with van der Waals surface area (Å²) in [7, 11) is 1.26. The molecule has 0 saturated carbocycles. The number of carbonyl (C=O) groups excluding carboxylic acids is 3. The minimum absolute atomic E-state index is 0.00595. The van der Waals surface area contributed by atoms with Gasteiger partial charge < -0.3 is 19.3 Å². The summed E-state index contributed by atoms with van der Waals surface area (Å²) in [5, 5.41) is 11.6. The van der Waals surface area contributed by atoms with Crippen molar-refractivity contribution in [2.24, 2.45) is 0 Å². The third-order valence-electron chi connectivity index (χ3n) is 6.46. The summed E-state index contributed by atoms with van der Waals surface area (Å²) in [5.74, 6) is -1.34. The summed E-state index contributed by atoms with van der Waals surface area (Å²) in [6, 6.07) is 11.2. The van der Waals surface area contributed by atoms with Gasteiger partial charge in [-0.3, -0.25) is 14.5 Å². The smallest absolute Gasteiger partial charge is 0.350 e. The second-order valence-corrected chi connectivity index (χ2v) is 10.0. The summed E-state index contributed by atoms with van der Waals surface area (Å²) in [5.41, 5.74) is 2.14. The number of ketones is 1. The van der Waals surface area contributed by atoms with E-state index in [2.05, 4.69) is 4.98 Å². The highest BCUT2D eigenvalue weighted by atomic mass is 32.1. The number of Topliss-reactive ketones (excluding diaryl/α,β-unsaturated/α-hetero) is 1. The Labute approximate surface area is 223 Å². The number of hydrogen-bond acceptors (Lipinski definition) is 9. The topological polar surface area (TPSA) is 115 Å². The molecule has 1 aromatic heterocycles. The lowest BCUT2D eigenvalue weighted by Gasteiger charge is -2.23. The molecule has 3 heterocycles. The van der Waals surface area contributed by atoms with Gasteiger partial charge in [-0.05, 0) is 62.2 Å². The molecule has 3 aromatic rings. The van der Waals surface area contributed by atoms with Gasteiger partial charge in [-0.25, -0.2) is 9.78 Å². The zero-order chi connectivity index (χ0) is 27.1. The first-order valence-corrected chi connectivity index (χ1v) is 12.9. The number of aliphatic hydroxyl groups is 1. The molecule has 1 N–H and O–H groups in total. The van der Waals surface area contributed by atoms with Gasteiger partial charge in [-0.2, -0.15) is 0 Å². The number of amides is 1. The number of aliphatic hydroxyl groups excluding tert-OH is 1. The van der Waals surface area contributed by atoms with Crippen LogP contribution in [0.5, 0.6) is 11.5 Å². The van der Waals surface area contributed by atoms with Crippen LogP contribution < -0.4 is 14.4 Å². The van der Waals surface area contributed by atoms with Gasteiger partial charge in [0.1, 0.15) is 28.2 Å². The standard InChI is InChI=1S/C28H26N2O7S/c1-5-36-19-8-6-7-16(13-19)22-21(23(31)17-9-10-20-18(12-17)11-14(2)37-20)24(32)26(33)30(22)28-29-15(3)25(38-28)27(34)35-4/h6-10,12-14,22,31H,5,11H2,1-4H3/t14-,22-/m0/s1. The van der Waals surface area contributed by atoms with E-state index in [0.717, 1.165) is 22.6 Å². The van der Waals surface area contributed by atoms with Gasteiger partial charge in [0.05, 0.1) is 31.0 Å². The van der Waals surface area contributed by atoms with E-state index in [9.17, 15) is 19.5 Å². The summed E-state index contributed by atoms with van der Waals surface area (Å²) < 4.78 is 16.3. The quantitative estimate of drug-likeness (QED) is 0.211. The van der Waals surface area contributed by atoms with Gasteiger partial charge in [0.25, 0.3) is 5.78 Å². The number of aromatic nitrogens is 1. The molecule has 196 valence electrons. The van der Waals surface area contributed by atoms with Crippen molar-refractivity contribution in [3.05, 3.63) is 75.3 Å². The molecular weight excluding hydrogens is 508 g/mol. The number of anilines is 1. The largest absolute Gasteiger partial charge is 0.507 e. The van der Waals surface area contributed by atoms with E-state index in [4.69, 9.17) is 14.2 Å². The Balaban J connectivity index is 1.69. The molecule has 1 amide bonds. The highest BCUT2D eigenvalue weighted by Crippen LogP contribution is 2.45. The number of benzene rings is 2. The number of carbonyl (C=O) groups is 3. The van der Waals surface area contributed by atoms with Crippen LogP contribution >= 0.6 is 11.3 Å². The van der Waals surface area contributed by atoms with Crippen LogP contribution in [-0.4, -0.2) is 47.6 Å². The van der Waals surface area contributed by atoms with Crippen LogP contribution in [0.2, 0.25) is 0 Å². The maximum Gasteiger partial charge on any atom is 0.350 e. The Hall–Kier alpha value is -4.18. The number of aryl methyl sites for hydroxylation is 1. The SMILES string of the molecule is CCOc1cccc([C@H]2C(=C(O)c3ccc4c(c3)C[C@H](C)O4)C(=O)C(=O)N2c2nc(C)c(C(=O)OC)s2)c1. The molecule has 0 spiro atoms. The third kappa shape index (κ3) is 4.30. The Bertz CT molecular complexity index is 1490. The number of esters is 1. The van der Waals surface area contributed by atoms with Gasteiger partial charge >= 0.3 is 11.9 Å². The Morgan fingerprint density at radius 2 is 2.03 bits per heavy atom. The molecule has 0 aliphatic carbocycles. The fraction of sp³-hybridized carbons (Fsp3) is 0.286. The molecule has 2 aliphatic heterocycles. The molecule has 38 heavy (non-hydrogen) atoms. The van der Waals surface area contributed by atoms with Crippen LogP contribution in [0, 0.1) is 6.92 Å². The molecule has 9 nitrogen and oxygen atoms in total. The molecule has 0 radical (unpaired) electrons. The van der Waals surface area contributed by atoms with Crippen LogP contribution in [0.25, 0.3) is 5.76 Å². The normalized spacial score (nSPS) is 19.8. The molecule has 0 bridgehead atoms. The first kappa shape index (κ1) is 25.5. The van der Waals surface area contributed by atoms with Gasteiger partial charge in [0.15, 0.2) is 5.13 Å². The number of thiazole rings is 1. The third-order valence-corrected chi connectivity index (χ3v) is 7.60. The van der Waals surface area contributed by atoms with E-state index >= 15 is 0 Å². The van der Waals surface area contributed by atoms with E-state index in [1.54, 1.807) is 49.4 Å². The lowest BCUT2D eigenvalue weighted by atomic mass is 9.94. The zero-order valence-corrected chi connectivity index (χ0v) is 22.1. The molecule has 2 aromatic carbocycles. The van der Waals surface area contributed by atoms with Crippen molar-refractivity contribution in [1.82, 2.24) is 4.98 Å². The van der Waals surface area contributed by atoms with Crippen molar-refractivity contribution >= 4 is 39.9 Å². The fourth-order valence-electron chi connectivity index (χ4n) is 4.78. The Kier molecular flexibility index (Phi) is 6.66. The van der Waals surface area contributed by atoms with Crippen LogP contribution in [0.15, 0.2) is 48.0 Å². The number of rotatable bonds is 6. The number of fused-ring (bicyclic) bond motifs is 1. The highest BCUT2D eigenvalue weighted by molar-refractivity contribution is 7.17. The van der Waals surface area contributed by atoms with Crippen molar-refractivity contribution in [2.45, 2.75) is 39.3 Å². The molecule has 1 saturated heterocycles. The van der Waals surface area contributed by atoms with E-state index in [0.29, 0.717) is 35.6 Å². The summed E-state index contributed by atoms with van der Waals surface area (Å²) in [4.78, 5) is 45.1. The van der Waals surface area contributed by atoms with Crippen LogP contribution in [0.3, 0.4) is 0 Å². The number of hydrogen-bond donors (Lipinski definition) is 1. The fourth-order valence-corrected chi connectivity index (χ4v) is 5.79. The van der Waals surface area contributed by atoms with Crippen LogP contribution in [-0.2, 0) is 20.7 Å². The lowest BCUT2D eigenvalue weighted by Crippen LogP contribution is -2.29. The monoisotopic (exact) mass is 534 g/mol. The van der Waals surface area contributed by atoms with Gasteiger partial charge in [-0.1, -0.05) is 23.5 Å². The summed E-state index contributed by atoms with van der Waals surface area (Å²) in [6.45, 7) is 5.85. The molecule has 2 atom stereocenters. The van der Waals surface area contributed by atoms with Crippen molar-refractivity contribution < 1.29 is 33.7 Å². The van der Waals surface area contributed by atoms with E-state index < -0.39 is 23.7 Å². The predicted octanol–water partition coefficient (Wildman–Crippen LogP) is 4.59. The van der Waals surface area contributed by atoms with Crippen molar-refractivity contribution in [3.63, 3.8) is 0 Å². The van der Waals surface area contributed by atoms with E-state index in [1.807, 2.05) is 13.8 Å². The average Bonchev–Trinajstić information content (AvgIpc) is 3.55. The average molecular weight is 535 g/mol. The summed E-state index contributed by atoms with van der Waals surface area (Å²) in [6.07, 6.45) is 0.672. The zero-order valence-electron chi connectivity index (χ0n) is 21.3. The molecule has 2 aliphatic rings. The van der Waals surface area contributed by atoms with Crippen LogP contribution in [0.4, 0.5) is 5.13 Å². The van der Waals surface area contributed by atoms with Crippen LogP contribution in [0.1, 0.15) is 51.9 Å². The van der Waals surface area contributed by atoms with Gasteiger partial charge in [0, 0.05) is 12.0 Å². The second-order valence-electron chi connectivity index (χ2n) is 9.03. The maximum absolute atomic E-state index is 13.5. The Morgan fingerprint density at radius 1 is 1.24 bits per heavy atom. The van der Waals surface area contributed by atoms with Gasteiger partial charge in [-0.15, -0.1) is 0 Å². The van der Waals surface area contributed by atoms with Gasteiger partial charge in [0.2, 0.25) is 0 Å². The second kappa shape index (κ2) is 9.94. The molecule has 10 heteroatoms. The lowest BCUT2D eigenvalue weighted by molar-refractivity contribution is -0.132. The van der Waals surface area contributed by atoms with E-state index in [-0.39, 0.29) is 27.4 Å². The number of methoxy groups -OCH3 is 1. The number of ether oxygens (including phenoxy) is 3. The molecule has 0 unspecified atom stereocenters. The number of nitrogens with zero attached hydrogens (tertiary/aromatic N) is 2. The van der Waals surface area contributed by atoms with Crippen molar-refractivity contribution in [2.75, 3.05) is 18.6 Å².